The standard InChI is InChI=1S/C23H19ClO3/c1-2-23(19-6-4-3-5-7-19)22(25)26-21(27-23)18-10-8-16(9-11-18)17-12-14-20(24)15-13-17/h3-15,21H,2H2,1H3. The number of ether oxygens (including phenoxy) is 2. The van der Waals surface area contributed by atoms with Gasteiger partial charge in [0.1, 0.15) is 0 Å². The molecule has 3 aromatic carbocycles. The topological polar surface area (TPSA) is 35.5 Å². The van der Waals surface area contributed by atoms with E-state index in [0.717, 1.165) is 22.3 Å². The highest BCUT2D eigenvalue weighted by molar-refractivity contribution is 6.30. The Morgan fingerprint density at radius 2 is 1.48 bits per heavy atom. The Morgan fingerprint density at radius 3 is 2.07 bits per heavy atom. The van der Waals surface area contributed by atoms with Crippen LogP contribution < -0.4 is 0 Å². The maximum absolute atomic E-state index is 12.7. The summed E-state index contributed by atoms with van der Waals surface area (Å²) in [5.74, 6) is -0.344. The van der Waals surface area contributed by atoms with Gasteiger partial charge in [0.05, 0.1) is 0 Å². The molecule has 0 bridgehead atoms. The molecule has 0 aromatic heterocycles. The van der Waals surface area contributed by atoms with Gasteiger partial charge in [-0.15, -0.1) is 0 Å². The summed E-state index contributed by atoms with van der Waals surface area (Å²) in [5, 5.41) is 0.707. The molecule has 136 valence electrons. The van der Waals surface area contributed by atoms with Crippen molar-refractivity contribution >= 4 is 17.6 Å². The van der Waals surface area contributed by atoms with E-state index in [1.165, 1.54) is 0 Å². The summed E-state index contributed by atoms with van der Waals surface area (Å²) in [6.07, 6.45) is -0.202. The molecule has 1 heterocycles. The van der Waals surface area contributed by atoms with Gasteiger partial charge in [0.15, 0.2) is 5.60 Å². The lowest BCUT2D eigenvalue weighted by atomic mass is 9.91. The summed E-state index contributed by atoms with van der Waals surface area (Å²) in [7, 11) is 0. The van der Waals surface area contributed by atoms with E-state index in [9.17, 15) is 4.79 Å². The molecule has 3 aromatic rings. The van der Waals surface area contributed by atoms with Crippen molar-refractivity contribution in [3.63, 3.8) is 0 Å². The van der Waals surface area contributed by atoms with Crippen LogP contribution in [0.2, 0.25) is 5.02 Å². The van der Waals surface area contributed by atoms with Gasteiger partial charge in [0.2, 0.25) is 6.29 Å². The Kier molecular flexibility index (Phi) is 4.73. The number of esters is 1. The van der Waals surface area contributed by atoms with Crippen molar-refractivity contribution in [2.45, 2.75) is 25.2 Å². The van der Waals surface area contributed by atoms with Crippen molar-refractivity contribution in [3.05, 3.63) is 95.0 Å². The molecular formula is C23H19ClO3. The van der Waals surface area contributed by atoms with Gasteiger partial charge >= 0.3 is 5.97 Å². The number of hydrogen-bond acceptors (Lipinski definition) is 3. The zero-order valence-electron chi connectivity index (χ0n) is 14.9. The van der Waals surface area contributed by atoms with Crippen molar-refractivity contribution < 1.29 is 14.3 Å². The van der Waals surface area contributed by atoms with Crippen LogP contribution >= 0.6 is 11.6 Å². The molecule has 2 unspecified atom stereocenters. The fourth-order valence-corrected chi connectivity index (χ4v) is 3.51. The lowest BCUT2D eigenvalue weighted by Crippen LogP contribution is -2.32. The van der Waals surface area contributed by atoms with E-state index in [-0.39, 0.29) is 5.97 Å². The highest BCUT2D eigenvalue weighted by atomic mass is 35.5. The molecule has 0 spiro atoms. The molecular weight excluding hydrogens is 360 g/mol. The smallest absolute Gasteiger partial charge is 0.345 e. The van der Waals surface area contributed by atoms with E-state index in [2.05, 4.69) is 0 Å². The number of cyclic esters (lactones) is 1. The zero-order chi connectivity index (χ0) is 18.9. The Morgan fingerprint density at radius 1 is 0.889 bits per heavy atom. The van der Waals surface area contributed by atoms with Gasteiger partial charge in [0.25, 0.3) is 0 Å². The third-order valence-electron chi connectivity index (χ3n) is 4.95. The predicted octanol–water partition coefficient (Wildman–Crippen LogP) is 5.88. The van der Waals surface area contributed by atoms with Crippen LogP contribution in [0.25, 0.3) is 11.1 Å². The highest BCUT2D eigenvalue weighted by Crippen LogP contribution is 2.43. The maximum atomic E-state index is 12.7. The lowest BCUT2D eigenvalue weighted by molar-refractivity contribution is -0.146. The van der Waals surface area contributed by atoms with Gasteiger partial charge in [-0.1, -0.05) is 85.3 Å². The summed E-state index contributed by atoms with van der Waals surface area (Å²) in [6, 6.07) is 25.0. The summed E-state index contributed by atoms with van der Waals surface area (Å²) in [4.78, 5) is 12.7. The minimum absolute atomic E-state index is 0.344. The predicted molar refractivity (Wildman–Crippen MR) is 105 cm³/mol. The largest absolute Gasteiger partial charge is 0.429 e. The van der Waals surface area contributed by atoms with E-state index >= 15 is 0 Å². The van der Waals surface area contributed by atoms with Crippen molar-refractivity contribution in [1.82, 2.24) is 0 Å². The molecule has 0 aliphatic carbocycles. The molecule has 1 aliphatic rings. The second-order valence-corrected chi connectivity index (χ2v) is 6.97. The van der Waals surface area contributed by atoms with Gasteiger partial charge in [-0.25, -0.2) is 4.79 Å². The molecule has 3 nitrogen and oxygen atoms in total. The van der Waals surface area contributed by atoms with Gasteiger partial charge in [-0.2, -0.15) is 0 Å². The monoisotopic (exact) mass is 378 g/mol. The van der Waals surface area contributed by atoms with Gasteiger partial charge in [-0.05, 0) is 35.2 Å². The van der Waals surface area contributed by atoms with Crippen LogP contribution in [-0.2, 0) is 19.9 Å². The third-order valence-corrected chi connectivity index (χ3v) is 5.20. The zero-order valence-corrected chi connectivity index (χ0v) is 15.6. The summed E-state index contributed by atoms with van der Waals surface area (Å²) in [5.41, 5.74) is 2.71. The van der Waals surface area contributed by atoms with E-state index < -0.39 is 11.9 Å². The number of carbonyl (C=O) groups is 1. The minimum Gasteiger partial charge on any atom is -0.429 e. The van der Waals surface area contributed by atoms with Gasteiger partial charge in [0, 0.05) is 10.6 Å². The number of halogens is 1. The average molecular weight is 379 g/mol. The quantitative estimate of drug-likeness (QED) is 0.531. The van der Waals surface area contributed by atoms with Gasteiger partial charge < -0.3 is 9.47 Å². The summed E-state index contributed by atoms with van der Waals surface area (Å²) in [6.45, 7) is 1.93. The van der Waals surface area contributed by atoms with Crippen LogP contribution in [0, 0.1) is 0 Å². The molecule has 0 N–H and O–H groups in total. The van der Waals surface area contributed by atoms with Crippen LogP contribution in [-0.4, -0.2) is 5.97 Å². The highest BCUT2D eigenvalue weighted by Gasteiger charge is 2.50. The summed E-state index contributed by atoms with van der Waals surface area (Å²) < 4.78 is 11.7. The minimum atomic E-state index is -1.05. The van der Waals surface area contributed by atoms with Crippen LogP contribution in [0.4, 0.5) is 0 Å². The van der Waals surface area contributed by atoms with Crippen molar-refractivity contribution in [1.29, 1.82) is 0 Å². The van der Waals surface area contributed by atoms with Crippen LogP contribution in [0.1, 0.15) is 30.8 Å². The normalized spacial score (nSPS) is 21.9. The van der Waals surface area contributed by atoms with Crippen LogP contribution in [0.3, 0.4) is 0 Å². The van der Waals surface area contributed by atoms with E-state index in [0.29, 0.717) is 11.4 Å². The first kappa shape index (κ1) is 17.8. The van der Waals surface area contributed by atoms with E-state index in [4.69, 9.17) is 21.1 Å². The Bertz CT molecular complexity index is 936. The SMILES string of the molecule is CCC1(c2ccccc2)OC(c2ccc(-c3ccc(Cl)cc3)cc2)OC1=O. The molecule has 0 saturated carbocycles. The molecule has 4 heteroatoms. The number of carbonyl (C=O) groups excluding carboxylic acids is 1. The molecule has 2 atom stereocenters. The second-order valence-electron chi connectivity index (χ2n) is 6.53. The fourth-order valence-electron chi connectivity index (χ4n) is 3.38. The third kappa shape index (κ3) is 3.25. The van der Waals surface area contributed by atoms with Crippen LogP contribution in [0.5, 0.6) is 0 Å². The fraction of sp³-hybridized carbons (Fsp3) is 0.174. The van der Waals surface area contributed by atoms with Crippen molar-refractivity contribution in [2.75, 3.05) is 0 Å². The molecule has 1 saturated heterocycles. The Balaban J connectivity index is 1.59. The Labute approximate surface area is 163 Å². The van der Waals surface area contributed by atoms with E-state index in [1.807, 2.05) is 85.8 Å². The van der Waals surface area contributed by atoms with Gasteiger partial charge in [-0.3, -0.25) is 0 Å². The molecule has 0 amide bonds. The number of hydrogen-bond donors (Lipinski definition) is 0. The first-order valence-corrected chi connectivity index (χ1v) is 9.30. The van der Waals surface area contributed by atoms with E-state index in [1.54, 1.807) is 0 Å². The average Bonchev–Trinajstić information content (AvgIpc) is 3.07. The molecule has 1 fully saturated rings. The lowest BCUT2D eigenvalue weighted by Gasteiger charge is -2.23. The number of benzene rings is 3. The Hall–Kier alpha value is -2.62. The molecule has 1 aliphatic heterocycles. The second kappa shape index (κ2) is 7.18. The molecule has 4 rings (SSSR count). The molecule has 0 radical (unpaired) electrons. The first-order chi connectivity index (χ1) is 13.1. The van der Waals surface area contributed by atoms with Crippen molar-refractivity contribution in [2.24, 2.45) is 0 Å². The maximum Gasteiger partial charge on any atom is 0.345 e. The first-order valence-electron chi connectivity index (χ1n) is 8.93. The summed E-state index contributed by atoms with van der Waals surface area (Å²) >= 11 is 5.95. The van der Waals surface area contributed by atoms with Crippen molar-refractivity contribution in [3.8, 4) is 11.1 Å². The number of rotatable bonds is 4. The van der Waals surface area contributed by atoms with Crippen LogP contribution in [0.15, 0.2) is 78.9 Å². The molecule has 27 heavy (non-hydrogen) atoms.